The Morgan fingerprint density at radius 3 is 2.70 bits per heavy atom. The van der Waals surface area contributed by atoms with Gasteiger partial charge in [0.25, 0.3) is 0 Å². The van der Waals surface area contributed by atoms with Gasteiger partial charge in [-0.25, -0.2) is 4.39 Å². The van der Waals surface area contributed by atoms with Crippen molar-refractivity contribution in [1.82, 2.24) is 0 Å². The molecule has 0 bridgehead atoms. The predicted molar refractivity (Wildman–Crippen MR) is 35.5 cm³/mol. The zero-order valence-electron chi connectivity index (χ0n) is 6.39. The normalized spacial score (nSPS) is 40.5. The van der Waals surface area contributed by atoms with Gasteiger partial charge in [0.15, 0.2) is 5.79 Å². The van der Waals surface area contributed by atoms with E-state index in [2.05, 4.69) is 0 Å². The third-order valence-corrected chi connectivity index (χ3v) is 1.80. The summed E-state index contributed by atoms with van der Waals surface area (Å²) in [4.78, 5) is 0. The molecule has 60 valence electrons. The minimum Gasteiger partial charge on any atom is -0.347 e. The van der Waals surface area contributed by atoms with Gasteiger partial charge in [-0.15, -0.1) is 0 Å². The van der Waals surface area contributed by atoms with E-state index in [1.54, 1.807) is 0 Å². The molecule has 2 unspecified atom stereocenters. The Morgan fingerprint density at radius 2 is 2.40 bits per heavy atom. The maximum atomic E-state index is 12.0. The van der Waals surface area contributed by atoms with E-state index in [4.69, 9.17) is 9.47 Å². The van der Waals surface area contributed by atoms with Crippen LogP contribution in [0.25, 0.3) is 0 Å². The molecule has 0 amide bonds. The Hall–Kier alpha value is -0.150. The van der Waals surface area contributed by atoms with Gasteiger partial charge in [-0.05, 0) is 13.3 Å². The van der Waals surface area contributed by atoms with Crippen molar-refractivity contribution in [3.8, 4) is 0 Å². The van der Waals surface area contributed by atoms with Gasteiger partial charge in [-0.2, -0.15) is 0 Å². The fourth-order valence-electron chi connectivity index (χ4n) is 0.951. The van der Waals surface area contributed by atoms with Crippen molar-refractivity contribution < 1.29 is 13.9 Å². The Labute approximate surface area is 60.3 Å². The summed E-state index contributed by atoms with van der Waals surface area (Å²) in [6.07, 6.45) is 0.425. The fourth-order valence-corrected chi connectivity index (χ4v) is 0.951. The molecule has 0 radical (unpaired) electrons. The van der Waals surface area contributed by atoms with Crippen LogP contribution in [0.4, 0.5) is 4.39 Å². The van der Waals surface area contributed by atoms with Crippen LogP contribution in [0.5, 0.6) is 0 Å². The molecule has 0 N–H and O–H groups in total. The van der Waals surface area contributed by atoms with E-state index in [0.717, 1.165) is 6.42 Å². The molecular formula is C7H13FO2. The van der Waals surface area contributed by atoms with Crippen molar-refractivity contribution in [2.24, 2.45) is 0 Å². The van der Waals surface area contributed by atoms with Crippen molar-refractivity contribution in [1.29, 1.82) is 0 Å². The Bertz CT molecular complexity index is 118. The predicted octanol–water partition coefficient (Wildman–Crippen LogP) is 1.50. The lowest BCUT2D eigenvalue weighted by molar-refractivity contribution is -0.156. The lowest BCUT2D eigenvalue weighted by atomic mass is 10.2. The number of alkyl halides is 1. The second kappa shape index (κ2) is 2.84. The minimum absolute atomic E-state index is 0.343. The second-order valence-electron chi connectivity index (χ2n) is 2.69. The summed E-state index contributed by atoms with van der Waals surface area (Å²) in [5.41, 5.74) is 0. The first kappa shape index (κ1) is 7.95. The molecule has 1 rings (SSSR count). The van der Waals surface area contributed by atoms with Crippen molar-refractivity contribution in [2.75, 3.05) is 13.3 Å². The van der Waals surface area contributed by atoms with Gasteiger partial charge < -0.3 is 9.47 Å². The Kier molecular flexibility index (Phi) is 2.26. The van der Waals surface area contributed by atoms with Gasteiger partial charge in [0.05, 0.1) is 6.61 Å². The summed E-state index contributed by atoms with van der Waals surface area (Å²) in [5.74, 6) is -0.531. The van der Waals surface area contributed by atoms with E-state index in [1.165, 1.54) is 0 Å². The highest BCUT2D eigenvalue weighted by molar-refractivity contribution is 4.72. The molecule has 1 fully saturated rings. The highest BCUT2D eigenvalue weighted by Gasteiger charge is 2.35. The average Bonchev–Trinajstić information content (AvgIpc) is 2.33. The van der Waals surface area contributed by atoms with Gasteiger partial charge in [-0.1, -0.05) is 6.92 Å². The average molecular weight is 148 g/mol. The number of ether oxygens (including phenoxy) is 2. The molecule has 0 aromatic rings. The Morgan fingerprint density at radius 1 is 1.70 bits per heavy atom. The summed E-state index contributed by atoms with van der Waals surface area (Å²) in [5, 5.41) is 0. The molecule has 0 aromatic heterocycles. The van der Waals surface area contributed by atoms with Crippen LogP contribution < -0.4 is 0 Å². The van der Waals surface area contributed by atoms with E-state index in [9.17, 15) is 4.39 Å². The maximum absolute atomic E-state index is 12.0. The second-order valence-corrected chi connectivity index (χ2v) is 2.69. The molecule has 2 atom stereocenters. The molecule has 2 nitrogen and oxygen atoms in total. The summed E-state index contributed by atoms with van der Waals surface area (Å²) in [6, 6.07) is 0. The van der Waals surface area contributed by atoms with Gasteiger partial charge in [0, 0.05) is 0 Å². The standard InChI is InChI=1S/C7H13FO2/c1-3-7(2)9-5-6(4-8)10-7/h6H,3-5H2,1-2H3. The molecule has 1 aliphatic rings. The monoisotopic (exact) mass is 148 g/mol. The summed E-state index contributed by atoms with van der Waals surface area (Å²) < 4.78 is 22.5. The highest BCUT2D eigenvalue weighted by Crippen LogP contribution is 2.26. The minimum atomic E-state index is -0.531. The van der Waals surface area contributed by atoms with E-state index < -0.39 is 12.5 Å². The summed E-state index contributed by atoms with van der Waals surface area (Å²) >= 11 is 0. The summed E-state index contributed by atoms with van der Waals surface area (Å²) in [7, 11) is 0. The van der Waals surface area contributed by atoms with Crippen molar-refractivity contribution in [3.05, 3.63) is 0 Å². The molecule has 1 saturated heterocycles. The molecule has 0 saturated carbocycles. The van der Waals surface area contributed by atoms with Crippen molar-refractivity contribution in [2.45, 2.75) is 32.2 Å². The molecule has 1 aliphatic heterocycles. The smallest absolute Gasteiger partial charge is 0.166 e. The first-order valence-corrected chi connectivity index (χ1v) is 3.58. The van der Waals surface area contributed by atoms with Gasteiger partial charge in [0.2, 0.25) is 0 Å². The lowest BCUT2D eigenvalue weighted by Crippen LogP contribution is -2.25. The van der Waals surface area contributed by atoms with E-state index in [0.29, 0.717) is 6.61 Å². The van der Waals surface area contributed by atoms with E-state index in [-0.39, 0.29) is 6.10 Å². The van der Waals surface area contributed by atoms with Crippen LogP contribution in [0.2, 0.25) is 0 Å². The lowest BCUT2D eigenvalue weighted by Gasteiger charge is -2.20. The van der Waals surface area contributed by atoms with Crippen LogP contribution in [0.3, 0.4) is 0 Å². The highest BCUT2D eigenvalue weighted by atomic mass is 19.1. The van der Waals surface area contributed by atoms with Crippen LogP contribution in [0.1, 0.15) is 20.3 Å². The maximum Gasteiger partial charge on any atom is 0.166 e. The molecule has 1 heterocycles. The van der Waals surface area contributed by atoms with E-state index in [1.807, 2.05) is 13.8 Å². The van der Waals surface area contributed by atoms with Crippen molar-refractivity contribution >= 4 is 0 Å². The molecular weight excluding hydrogens is 135 g/mol. The van der Waals surface area contributed by atoms with Gasteiger partial charge in [0.1, 0.15) is 12.8 Å². The third kappa shape index (κ3) is 1.47. The van der Waals surface area contributed by atoms with Crippen LogP contribution in [0.15, 0.2) is 0 Å². The van der Waals surface area contributed by atoms with Crippen LogP contribution >= 0.6 is 0 Å². The first-order valence-electron chi connectivity index (χ1n) is 3.58. The zero-order valence-corrected chi connectivity index (χ0v) is 6.39. The topological polar surface area (TPSA) is 18.5 Å². The van der Waals surface area contributed by atoms with Gasteiger partial charge in [-0.3, -0.25) is 0 Å². The quantitative estimate of drug-likeness (QED) is 0.590. The number of hydrogen-bond donors (Lipinski definition) is 0. The van der Waals surface area contributed by atoms with Crippen LogP contribution in [-0.4, -0.2) is 25.2 Å². The molecule has 3 heteroatoms. The van der Waals surface area contributed by atoms with Crippen LogP contribution in [-0.2, 0) is 9.47 Å². The largest absolute Gasteiger partial charge is 0.347 e. The zero-order chi connectivity index (χ0) is 7.61. The fraction of sp³-hybridized carbons (Fsp3) is 1.00. The Balaban J connectivity index is 2.41. The third-order valence-electron chi connectivity index (χ3n) is 1.80. The van der Waals surface area contributed by atoms with Gasteiger partial charge >= 0.3 is 0 Å². The van der Waals surface area contributed by atoms with Crippen molar-refractivity contribution in [3.63, 3.8) is 0 Å². The molecule has 10 heavy (non-hydrogen) atoms. The number of hydrogen-bond acceptors (Lipinski definition) is 2. The summed E-state index contributed by atoms with van der Waals surface area (Å²) in [6.45, 7) is 3.74. The molecule has 0 spiro atoms. The molecule has 0 aromatic carbocycles. The van der Waals surface area contributed by atoms with E-state index >= 15 is 0 Å². The van der Waals surface area contributed by atoms with Crippen LogP contribution in [0, 0.1) is 0 Å². The first-order chi connectivity index (χ1) is 4.70. The number of halogens is 1. The molecule has 0 aliphatic carbocycles. The SMILES string of the molecule is CCC1(C)OCC(CF)O1. The number of rotatable bonds is 2.